The summed E-state index contributed by atoms with van der Waals surface area (Å²) in [6.45, 7) is 2.69. The highest BCUT2D eigenvalue weighted by atomic mass is 32.1. The number of rotatable bonds is 3. The Morgan fingerprint density at radius 2 is 2.13 bits per heavy atom. The molecule has 3 atom stereocenters. The van der Waals surface area contributed by atoms with E-state index in [1.807, 2.05) is 36.6 Å². The Labute approximate surface area is 138 Å². The summed E-state index contributed by atoms with van der Waals surface area (Å²) in [5, 5.41) is 1.93. The highest BCUT2D eigenvalue weighted by Gasteiger charge is 2.56. The van der Waals surface area contributed by atoms with Crippen molar-refractivity contribution in [2.75, 3.05) is 6.54 Å². The monoisotopic (exact) mass is 326 g/mol. The second-order valence-corrected chi connectivity index (χ2v) is 7.41. The molecule has 2 amide bonds. The van der Waals surface area contributed by atoms with Gasteiger partial charge in [0.2, 0.25) is 5.91 Å². The first-order valence-electron chi connectivity index (χ1n) is 7.81. The van der Waals surface area contributed by atoms with Crippen LogP contribution in [0.25, 0.3) is 10.4 Å². The van der Waals surface area contributed by atoms with Crippen LogP contribution in [0.2, 0.25) is 0 Å². The number of nitrogens with zero attached hydrogens (tertiary/aromatic N) is 1. The minimum Gasteiger partial charge on any atom is -0.368 e. The van der Waals surface area contributed by atoms with Gasteiger partial charge in [-0.1, -0.05) is 29.8 Å². The molecule has 1 saturated heterocycles. The molecule has 4 rings (SSSR count). The number of carbonyl (C=O) groups is 2. The molecule has 2 N–H and O–H groups in total. The number of piperidine rings is 1. The van der Waals surface area contributed by atoms with E-state index >= 15 is 0 Å². The number of hydrogen-bond acceptors (Lipinski definition) is 3. The van der Waals surface area contributed by atoms with E-state index in [0.29, 0.717) is 18.0 Å². The molecule has 0 radical (unpaired) electrons. The van der Waals surface area contributed by atoms with Gasteiger partial charge in [0.1, 0.15) is 6.04 Å². The van der Waals surface area contributed by atoms with Crippen LogP contribution in [-0.4, -0.2) is 29.3 Å². The van der Waals surface area contributed by atoms with Crippen LogP contribution in [-0.2, 0) is 4.79 Å². The Kier molecular flexibility index (Phi) is 3.27. The predicted octanol–water partition coefficient (Wildman–Crippen LogP) is 2.67. The molecule has 0 unspecified atom stereocenters. The topological polar surface area (TPSA) is 63.4 Å². The summed E-state index contributed by atoms with van der Waals surface area (Å²) < 4.78 is 0. The lowest BCUT2D eigenvalue weighted by Crippen LogP contribution is -2.46. The second kappa shape index (κ2) is 5.20. The Morgan fingerprint density at radius 1 is 1.30 bits per heavy atom. The maximum absolute atomic E-state index is 13.0. The predicted molar refractivity (Wildman–Crippen MR) is 90.1 cm³/mol. The van der Waals surface area contributed by atoms with E-state index in [-0.39, 0.29) is 17.7 Å². The van der Waals surface area contributed by atoms with E-state index in [4.69, 9.17) is 5.73 Å². The number of benzene rings is 1. The maximum Gasteiger partial charge on any atom is 0.256 e. The molecule has 1 saturated carbocycles. The van der Waals surface area contributed by atoms with E-state index in [2.05, 4.69) is 6.07 Å². The highest BCUT2D eigenvalue weighted by Crippen LogP contribution is 2.50. The molecule has 118 valence electrons. The molecule has 1 aliphatic heterocycles. The van der Waals surface area contributed by atoms with E-state index in [0.717, 1.165) is 22.4 Å². The number of likely N-dealkylation sites (tertiary alicyclic amines) is 1. The van der Waals surface area contributed by atoms with Crippen LogP contribution in [0.1, 0.15) is 22.3 Å². The number of thiophene rings is 1. The Morgan fingerprint density at radius 3 is 2.87 bits per heavy atom. The van der Waals surface area contributed by atoms with Crippen LogP contribution in [0.4, 0.5) is 0 Å². The van der Waals surface area contributed by atoms with Gasteiger partial charge in [-0.05, 0) is 42.2 Å². The number of hydrogen-bond donors (Lipinski definition) is 1. The average molecular weight is 326 g/mol. The molecule has 2 heterocycles. The van der Waals surface area contributed by atoms with Gasteiger partial charge in [0.25, 0.3) is 5.91 Å². The molecule has 2 aromatic rings. The molecular formula is C18H18N2O2S. The van der Waals surface area contributed by atoms with Crippen molar-refractivity contribution in [2.45, 2.75) is 19.4 Å². The van der Waals surface area contributed by atoms with Crippen molar-refractivity contribution in [3.8, 4) is 10.4 Å². The number of nitrogens with two attached hydrogens (primary N) is 1. The first kappa shape index (κ1) is 14.5. The molecular weight excluding hydrogens is 308 g/mol. The summed E-state index contributed by atoms with van der Waals surface area (Å²) in [7, 11) is 0. The molecule has 1 aromatic carbocycles. The zero-order chi connectivity index (χ0) is 16.1. The highest BCUT2D eigenvalue weighted by molar-refractivity contribution is 7.14. The standard InChI is InChI=1S/C18H18N2O2S/c1-10-3-2-4-11(7-10)16-13(5-6-23-16)18(22)20-9-12-8-14(12)15(20)17(19)21/h2-7,12,14-15H,8-9H2,1H3,(H2,19,21)/t12-,14+,15-/m0/s1. The SMILES string of the molecule is Cc1cccc(-c2sccc2C(=O)N2C[C@@H]3C[C@H]3[C@H]2C(N)=O)c1. The van der Waals surface area contributed by atoms with Crippen molar-refractivity contribution in [1.29, 1.82) is 0 Å². The molecule has 1 aliphatic carbocycles. The number of carbonyl (C=O) groups excluding carboxylic acids is 2. The average Bonchev–Trinajstić information content (AvgIpc) is 2.98. The van der Waals surface area contributed by atoms with Gasteiger partial charge in [-0.15, -0.1) is 11.3 Å². The van der Waals surface area contributed by atoms with Gasteiger partial charge in [-0.2, -0.15) is 0 Å². The van der Waals surface area contributed by atoms with E-state index < -0.39 is 6.04 Å². The number of amides is 2. The summed E-state index contributed by atoms with van der Waals surface area (Å²) in [5.41, 5.74) is 8.41. The third-order valence-electron chi connectivity index (χ3n) is 4.88. The lowest BCUT2D eigenvalue weighted by atomic mass is 10.1. The summed E-state index contributed by atoms with van der Waals surface area (Å²) >= 11 is 1.56. The normalized spacial score (nSPS) is 25.3. The van der Waals surface area contributed by atoms with Gasteiger partial charge in [-0.25, -0.2) is 0 Å². The van der Waals surface area contributed by atoms with Crippen LogP contribution in [0.5, 0.6) is 0 Å². The van der Waals surface area contributed by atoms with Crippen LogP contribution >= 0.6 is 11.3 Å². The van der Waals surface area contributed by atoms with Crippen molar-refractivity contribution in [3.63, 3.8) is 0 Å². The fourth-order valence-corrected chi connectivity index (χ4v) is 4.57. The van der Waals surface area contributed by atoms with E-state index in [9.17, 15) is 9.59 Å². The summed E-state index contributed by atoms with van der Waals surface area (Å²) in [6, 6.07) is 9.55. The maximum atomic E-state index is 13.0. The van der Waals surface area contributed by atoms with Gasteiger partial charge in [-0.3, -0.25) is 9.59 Å². The third kappa shape index (κ3) is 2.36. The first-order valence-corrected chi connectivity index (χ1v) is 8.69. The summed E-state index contributed by atoms with van der Waals surface area (Å²) in [4.78, 5) is 27.4. The van der Waals surface area contributed by atoms with Crippen LogP contribution in [0.3, 0.4) is 0 Å². The number of fused-ring (bicyclic) bond motifs is 1. The molecule has 4 nitrogen and oxygen atoms in total. The molecule has 5 heteroatoms. The molecule has 23 heavy (non-hydrogen) atoms. The fraction of sp³-hybridized carbons (Fsp3) is 0.333. The van der Waals surface area contributed by atoms with Crippen LogP contribution in [0, 0.1) is 18.8 Å². The van der Waals surface area contributed by atoms with Gasteiger partial charge in [0.15, 0.2) is 0 Å². The smallest absolute Gasteiger partial charge is 0.256 e. The number of primary amides is 1. The zero-order valence-corrected chi connectivity index (χ0v) is 13.7. The number of aryl methyl sites for hydroxylation is 1. The molecule has 2 aliphatic rings. The van der Waals surface area contributed by atoms with Crippen molar-refractivity contribution in [2.24, 2.45) is 17.6 Å². The van der Waals surface area contributed by atoms with Crippen molar-refractivity contribution < 1.29 is 9.59 Å². The Hall–Kier alpha value is -2.14. The Bertz CT molecular complexity index is 798. The van der Waals surface area contributed by atoms with E-state index in [1.165, 1.54) is 0 Å². The van der Waals surface area contributed by atoms with Gasteiger partial charge < -0.3 is 10.6 Å². The molecule has 2 fully saturated rings. The largest absolute Gasteiger partial charge is 0.368 e. The van der Waals surface area contributed by atoms with Gasteiger partial charge in [0.05, 0.1) is 5.56 Å². The van der Waals surface area contributed by atoms with Crippen molar-refractivity contribution in [1.82, 2.24) is 4.90 Å². The summed E-state index contributed by atoms with van der Waals surface area (Å²) in [5.74, 6) is 0.282. The lowest BCUT2D eigenvalue weighted by Gasteiger charge is -2.25. The van der Waals surface area contributed by atoms with Gasteiger partial charge in [0, 0.05) is 11.4 Å². The minimum absolute atomic E-state index is 0.0706. The molecule has 0 spiro atoms. The fourth-order valence-electron chi connectivity index (χ4n) is 3.68. The molecule has 1 aromatic heterocycles. The minimum atomic E-state index is -0.433. The second-order valence-electron chi connectivity index (χ2n) is 6.50. The zero-order valence-electron chi connectivity index (χ0n) is 12.9. The van der Waals surface area contributed by atoms with Crippen molar-refractivity contribution in [3.05, 3.63) is 46.8 Å². The van der Waals surface area contributed by atoms with Crippen LogP contribution < -0.4 is 5.73 Å². The van der Waals surface area contributed by atoms with E-state index in [1.54, 1.807) is 16.2 Å². The quantitative estimate of drug-likeness (QED) is 0.942. The van der Waals surface area contributed by atoms with Gasteiger partial charge >= 0.3 is 0 Å². The lowest BCUT2D eigenvalue weighted by molar-refractivity contribution is -0.122. The van der Waals surface area contributed by atoms with Crippen LogP contribution in [0.15, 0.2) is 35.7 Å². The third-order valence-corrected chi connectivity index (χ3v) is 5.84. The summed E-state index contributed by atoms with van der Waals surface area (Å²) in [6.07, 6.45) is 1.02. The first-order chi connectivity index (χ1) is 11.1. The Balaban J connectivity index is 1.68. The molecule has 0 bridgehead atoms. The van der Waals surface area contributed by atoms with Crippen molar-refractivity contribution >= 4 is 23.2 Å².